The Hall–Kier alpha value is -1.58. The maximum absolute atomic E-state index is 14.0. The van der Waals surface area contributed by atoms with Gasteiger partial charge in [0.1, 0.15) is 6.04 Å². The number of anilines is 1. The van der Waals surface area contributed by atoms with Crippen molar-refractivity contribution in [2.45, 2.75) is 73.7 Å². The molecule has 1 aromatic carbocycles. The van der Waals surface area contributed by atoms with Crippen molar-refractivity contribution in [2.24, 2.45) is 11.8 Å². The number of halogens is 1. The number of aliphatic hydroxyl groups excluding tert-OH is 1. The van der Waals surface area contributed by atoms with E-state index in [1.54, 1.807) is 23.6 Å². The van der Waals surface area contributed by atoms with Crippen LogP contribution >= 0.6 is 27.7 Å². The number of benzene rings is 1. The SMILES string of the molecule is CCOC(=O)[C@H]1[C@H]2C(=O)N(CCCCCCO)C(C(=O)Nc3c(C)cccc3C)C23CC(Br)[C@@H]1S3. The molecule has 192 valence electrons. The van der Waals surface area contributed by atoms with E-state index < -0.39 is 22.6 Å². The number of aliphatic hydroxyl groups is 1. The monoisotopic (exact) mass is 566 g/mol. The van der Waals surface area contributed by atoms with Gasteiger partial charge >= 0.3 is 5.97 Å². The molecular weight excluding hydrogens is 532 g/mol. The predicted octanol–water partition coefficient (Wildman–Crippen LogP) is 3.82. The maximum Gasteiger partial charge on any atom is 0.310 e. The van der Waals surface area contributed by atoms with E-state index in [2.05, 4.69) is 21.2 Å². The van der Waals surface area contributed by atoms with E-state index >= 15 is 0 Å². The van der Waals surface area contributed by atoms with Crippen LogP contribution in [0.15, 0.2) is 18.2 Å². The van der Waals surface area contributed by atoms with Crippen LogP contribution in [-0.4, -0.2) is 68.4 Å². The van der Waals surface area contributed by atoms with Crippen molar-refractivity contribution < 1.29 is 24.2 Å². The van der Waals surface area contributed by atoms with Crippen LogP contribution in [0.2, 0.25) is 0 Å². The Balaban J connectivity index is 1.67. The van der Waals surface area contributed by atoms with E-state index in [0.717, 1.165) is 42.5 Å². The fourth-order valence-corrected chi connectivity index (χ4v) is 9.73. The highest BCUT2D eigenvalue weighted by Gasteiger charge is 2.75. The quantitative estimate of drug-likeness (QED) is 0.254. The van der Waals surface area contributed by atoms with E-state index in [0.29, 0.717) is 13.0 Å². The van der Waals surface area contributed by atoms with Crippen molar-refractivity contribution in [1.82, 2.24) is 4.90 Å². The summed E-state index contributed by atoms with van der Waals surface area (Å²) in [5, 5.41) is 12.1. The molecule has 35 heavy (non-hydrogen) atoms. The number of likely N-dealkylation sites (tertiary alicyclic amines) is 1. The van der Waals surface area contributed by atoms with Gasteiger partial charge in [-0.2, -0.15) is 0 Å². The number of amides is 2. The van der Waals surface area contributed by atoms with Crippen molar-refractivity contribution in [3.63, 3.8) is 0 Å². The summed E-state index contributed by atoms with van der Waals surface area (Å²) in [6.07, 6.45) is 3.87. The highest BCUT2D eigenvalue weighted by molar-refractivity contribution is 9.09. The Morgan fingerprint density at radius 3 is 2.57 bits per heavy atom. The second-order valence-corrected chi connectivity index (χ2v) is 12.6. The molecule has 7 nitrogen and oxygen atoms in total. The molecule has 1 spiro atoms. The van der Waals surface area contributed by atoms with E-state index in [9.17, 15) is 14.4 Å². The molecule has 3 aliphatic heterocycles. The lowest BCUT2D eigenvalue weighted by atomic mass is 9.71. The first-order valence-electron chi connectivity index (χ1n) is 12.5. The number of carbonyl (C=O) groups excluding carboxylic acids is 3. The predicted molar refractivity (Wildman–Crippen MR) is 141 cm³/mol. The summed E-state index contributed by atoms with van der Waals surface area (Å²) in [5.74, 6) is -1.75. The van der Waals surface area contributed by atoms with Crippen molar-refractivity contribution >= 4 is 51.2 Å². The fourth-order valence-electron chi connectivity index (χ4n) is 6.13. The zero-order valence-corrected chi connectivity index (χ0v) is 23.0. The molecule has 3 unspecified atom stereocenters. The zero-order chi connectivity index (χ0) is 25.3. The van der Waals surface area contributed by atoms with Gasteiger partial charge in [0.25, 0.3) is 0 Å². The lowest BCUT2D eigenvalue weighted by Crippen LogP contribution is -2.52. The lowest BCUT2D eigenvalue weighted by Gasteiger charge is -2.35. The molecule has 3 fully saturated rings. The molecule has 4 rings (SSSR count). The van der Waals surface area contributed by atoms with Crippen molar-refractivity contribution in [1.29, 1.82) is 0 Å². The second-order valence-electron chi connectivity index (χ2n) is 9.84. The van der Waals surface area contributed by atoms with Crippen LogP contribution in [0.3, 0.4) is 0 Å². The molecule has 9 heteroatoms. The molecule has 3 heterocycles. The zero-order valence-electron chi connectivity index (χ0n) is 20.6. The minimum atomic E-state index is -0.668. The molecule has 0 aromatic heterocycles. The number of unbranched alkanes of at least 4 members (excludes halogenated alkanes) is 3. The smallest absolute Gasteiger partial charge is 0.310 e. The van der Waals surface area contributed by atoms with E-state index in [-0.39, 0.29) is 41.1 Å². The van der Waals surface area contributed by atoms with Crippen LogP contribution in [0.5, 0.6) is 0 Å². The van der Waals surface area contributed by atoms with Crippen LogP contribution in [0, 0.1) is 25.7 Å². The van der Waals surface area contributed by atoms with Gasteiger partial charge in [0.15, 0.2) is 0 Å². The second kappa shape index (κ2) is 10.8. The highest BCUT2D eigenvalue weighted by atomic mass is 79.9. The number of nitrogens with zero attached hydrogens (tertiary/aromatic N) is 1. The fraction of sp³-hybridized carbons (Fsp3) is 0.654. The number of carbonyl (C=O) groups is 3. The van der Waals surface area contributed by atoms with Gasteiger partial charge in [-0.1, -0.05) is 47.0 Å². The number of fused-ring (bicyclic) bond motifs is 1. The van der Waals surface area contributed by atoms with Crippen LogP contribution in [0.4, 0.5) is 5.69 Å². The number of alkyl halides is 1. The molecular formula is C26H35BrN2O5S. The van der Waals surface area contributed by atoms with Gasteiger partial charge in [0.05, 0.1) is 23.2 Å². The molecule has 2 N–H and O–H groups in total. The first-order chi connectivity index (χ1) is 16.8. The van der Waals surface area contributed by atoms with Crippen molar-refractivity contribution in [3.05, 3.63) is 29.3 Å². The number of rotatable bonds is 10. The summed E-state index contributed by atoms with van der Waals surface area (Å²) in [5.41, 5.74) is 2.72. The average molecular weight is 568 g/mol. The van der Waals surface area contributed by atoms with Gasteiger partial charge < -0.3 is 20.1 Å². The third-order valence-corrected chi connectivity index (χ3v) is 10.9. The van der Waals surface area contributed by atoms with Crippen molar-refractivity contribution in [3.8, 4) is 0 Å². The van der Waals surface area contributed by atoms with Crippen LogP contribution in [0.1, 0.15) is 50.2 Å². The molecule has 3 aliphatic rings. The summed E-state index contributed by atoms with van der Waals surface area (Å²) >= 11 is 5.39. The lowest BCUT2D eigenvalue weighted by molar-refractivity contribution is -0.153. The van der Waals surface area contributed by atoms with E-state index in [1.165, 1.54) is 0 Å². The molecule has 2 amide bonds. The standard InChI is InChI=1S/C26H35BrN2O5S/c1-4-34-25(33)18-19-24(32)29(12-7-5-6-8-13-30)22(26(19)14-17(27)21(18)35-26)23(31)28-20-15(2)10-9-11-16(20)3/h9-11,17-19,21-22,30H,4-8,12-14H2,1-3H3,(H,28,31)/t17?,18-,19-,21-,22?,26?/m0/s1. The summed E-state index contributed by atoms with van der Waals surface area (Å²) < 4.78 is 4.73. The number of para-hydroxylation sites is 1. The number of ether oxygens (including phenoxy) is 1. The Kier molecular flexibility index (Phi) is 8.18. The highest BCUT2D eigenvalue weighted by Crippen LogP contribution is 2.67. The summed E-state index contributed by atoms with van der Waals surface area (Å²) in [7, 11) is 0. The number of hydrogen-bond donors (Lipinski definition) is 2. The van der Waals surface area contributed by atoms with Gasteiger partial charge in [0, 0.05) is 28.9 Å². The minimum Gasteiger partial charge on any atom is -0.466 e. The minimum absolute atomic E-state index is 0.0333. The first kappa shape index (κ1) is 26.5. The number of nitrogens with one attached hydrogen (secondary N) is 1. The molecule has 0 aliphatic carbocycles. The molecule has 2 bridgehead atoms. The Morgan fingerprint density at radius 1 is 1.23 bits per heavy atom. The van der Waals surface area contributed by atoms with Gasteiger partial charge in [-0.05, 0) is 51.2 Å². The number of thioether (sulfide) groups is 1. The molecule has 0 saturated carbocycles. The van der Waals surface area contributed by atoms with Gasteiger partial charge in [-0.15, -0.1) is 11.8 Å². The van der Waals surface area contributed by atoms with Gasteiger partial charge in [-0.3, -0.25) is 14.4 Å². The van der Waals surface area contributed by atoms with Crippen LogP contribution < -0.4 is 5.32 Å². The first-order valence-corrected chi connectivity index (χ1v) is 14.3. The van der Waals surface area contributed by atoms with Crippen molar-refractivity contribution in [2.75, 3.05) is 25.1 Å². The summed E-state index contributed by atoms with van der Waals surface area (Å²) in [4.78, 5) is 42.6. The van der Waals surface area contributed by atoms with E-state index in [1.807, 2.05) is 32.0 Å². The third kappa shape index (κ3) is 4.64. The Labute approximate surface area is 219 Å². The van der Waals surface area contributed by atoms with Crippen LogP contribution in [0.25, 0.3) is 0 Å². The van der Waals surface area contributed by atoms with Gasteiger partial charge in [0.2, 0.25) is 11.8 Å². The molecule has 6 atom stereocenters. The number of aryl methyl sites for hydroxylation is 2. The molecule has 3 saturated heterocycles. The molecule has 1 aromatic rings. The normalized spacial score (nSPS) is 31.1. The Bertz CT molecular complexity index is 970. The largest absolute Gasteiger partial charge is 0.466 e. The average Bonchev–Trinajstić information content (AvgIpc) is 3.40. The topological polar surface area (TPSA) is 95.9 Å². The molecule has 0 radical (unpaired) electrons. The number of esters is 1. The van der Waals surface area contributed by atoms with Crippen LogP contribution in [-0.2, 0) is 19.1 Å². The van der Waals surface area contributed by atoms with E-state index in [4.69, 9.17) is 9.84 Å². The summed E-state index contributed by atoms with van der Waals surface area (Å²) in [6, 6.07) is 5.22. The third-order valence-electron chi connectivity index (χ3n) is 7.63. The van der Waals surface area contributed by atoms with Gasteiger partial charge in [-0.25, -0.2) is 0 Å². The maximum atomic E-state index is 14.0. The summed E-state index contributed by atoms with van der Waals surface area (Å²) in [6.45, 7) is 6.57. The Morgan fingerprint density at radius 2 is 1.91 bits per heavy atom. The number of hydrogen-bond acceptors (Lipinski definition) is 6.